The molecule has 20 heavy (non-hydrogen) atoms. The number of hydrogen-bond donors (Lipinski definition) is 1. The lowest BCUT2D eigenvalue weighted by Crippen LogP contribution is -2.34. The number of imide groups is 1. The van der Waals surface area contributed by atoms with Crippen molar-refractivity contribution in [3.63, 3.8) is 0 Å². The molecule has 2 aliphatic rings. The molecule has 4 heteroatoms. The van der Waals surface area contributed by atoms with E-state index in [-0.39, 0.29) is 29.1 Å². The first-order valence-corrected chi connectivity index (χ1v) is 7.95. The monoisotopic (exact) mass is 280 g/mol. The van der Waals surface area contributed by atoms with Crippen LogP contribution < -0.4 is 5.73 Å². The maximum atomic E-state index is 12.4. The van der Waals surface area contributed by atoms with Gasteiger partial charge in [0.25, 0.3) is 0 Å². The van der Waals surface area contributed by atoms with Crippen LogP contribution in [0, 0.1) is 23.2 Å². The Morgan fingerprint density at radius 1 is 1.20 bits per heavy atom. The lowest BCUT2D eigenvalue weighted by molar-refractivity contribution is -0.140. The van der Waals surface area contributed by atoms with Gasteiger partial charge in [0, 0.05) is 6.54 Å². The number of hydrogen-bond acceptors (Lipinski definition) is 3. The molecule has 2 atom stereocenters. The van der Waals surface area contributed by atoms with Gasteiger partial charge in [-0.3, -0.25) is 14.5 Å². The summed E-state index contributed by atoms with van der Waals surface area (Å²) >= 11 is 0. The summed E-state index contributed by atoms with van der Waals surface area (Å²) in [6.45, 7) is 7.61. The molecular weight excluding hydrogens is 252 g/mol. The zero-order valence-corrected chi connectivity index (χ0v) is 13.0. The molecule has 0 spiro atoms. The average Bonchev–Trinajstić information content (AvgIpc) is 2.94. The molecule has 0 radical (unpaired) electrons. The van der Waals surface area contributed by atoms with Gasteiger partial charge in [0.15, 0.2) is 0 Å². The minimum atomic E-state index is -0.0185. The van der Waals surface area contributed by atoms with E-state index in [9.17, 15) is 9.59 Å². The minimum Gasteiger partial charge on any atom is -0.330 e. The first-order chi connectivity index (χ1) is 9.39. The number of nitrogens with zero attached hydrogens (tertiary/aromatic N) is 1. The highest BCUT2D eigenvalue weighted by atomic mass is 16.2. The third-order valence-electron chi connectivity index (χ3n) is 5.19. The number of fused-ring (bicyclic) bond motifs is 1. The van der Waals surface area contributed by atoms with Gasteiger partial charge in [-0.05, 0) is 43.6 Å². The Hall–Kier alpha value is -0.900. The van der Waals surface area contributed by atoms with Crippen LogP contribution in [0.15, 0.2) is 0 Å². The van der Waals surface area contributed by atoms with Crippen LogP contribution in [0.5, 0.6) is 0 Å². The zero-order valence-electron chi connectivity index (χ0n) is 13.0. The van der Waals surface area contributed by atoms with Crippen molar-refractivity contribution in [2.24, 2.45) is 28.9 Å². The molecule has 0 aromatic carbocycles. The molecule has 1 aliphatic carbocycles. The largest absolute Gasteiger partial charge is 0.330 e. The zero-order chi connectivity index (χ0) is 14.9. The quantitative estimate of drug-likeness (QED) is 0.758. The lowest BCUT2D eigenvalue weighted by Gasteiger charge is -2.24. The summed E-state index contributed by atoms with van der Waals surface area (Å²) < 4.78 is 0. The lowest BCUT2D eigenvalue weighted by atomic mass is 9.88. The van der Waals surface area contributed by atoms with Crippen LogP contribution in [-0.2, 0) is 9.59 Å². The van der Waals surface area contributed by atoms with E-state index in [0.717, 1.165) is 32.1 Å². The summed E-state index contributed by atoms with van der Waals surface area (Å²) in [4.78, 5) is 26.3. The second-order valence-electron chi connectivity index (χ2n) is 7.26. The molecule has 0 bridgehead atoms. The first kappa shape index (κ1) is 15.5. The van der Waals surface area contributed by atoms with Crippen molar-refractivity contribution in [3.05, 3.63) is 0 Å². The molecule has 1 heterocycles. The summed E-state index contributed by atoms with van der Waals surface area (Å²) in [6, 6.07) is 0. The summed E-state index contributed by atoms with van der Waals surface area (Å²) in [5, 5.41) is 0. The van der Waals surface area contributed by atoms with Crippen molar-refractivity contribution in [1.29, 1.82) is 0 Å². The van der Waals surface area contributed by atoms with E-state index in [2.05, 4.69) is 20.8 Å². The van der Waals surface area contributed by atoms with Gasteiger partial charge in [0.05, 0.1) is 11.8 Å². The Kier molecular flexibility index (Phi) is 4.52. The molecule has 2 unspecified atom stereocenters. The Morgan fingerprint density at radius 2 is 1.75 bits per heavy atom. The van der Waals surface area contributed by atoms with Gasteiger partial charge < -0.3 is 5.73 Å². The SMILES string of the molecule is CCC1CC2C(=O)N(CCCC(C)(C)CN)C(=O)C2C1. The molecule has 2 amide bonds. The number of carbonyl (C=O) groups excluding carboxylic acids is 2. The Morgan fingerprint density at radius 3 is 2.20 bits per heavy atom. The van der Waals surface area contributed by atoms with Gasteiger partial charge >= 0.3 is 0 Å². The van der Waals surface area contributed by atoms with Crippen LogP contribution in [0.3, 0.4) is 0 Å². The Bertz CT molecular complexity index is 368. The average molecular weight is 280 g/mol. The molecule has 114 valence electrons. The van der Waals surface area contributed by atoms with Gasteiger partial charge in [0.2, 0.25) is 11.8 Å². The Labute approximate surface area is 122 Å². The minimum absolute atomic E-state index is 0.0185. The van der Waals surface area contributed by atoms with Crippen LogP contribution >= 0.6 is 0 Å². The van der Waals surface area contributed by atoms with Crippen LogP contribution in [0.4, 0.5) is 0 Å². The van der Waals surface area contributed by atoms with E-state index in [4.69, 9.17) is 5.73 Å². The van der Waals surface area contributed by atoms with Crippen LogP contribution in [0.25, 0.3) is 0 Å². The summed E-state index contributed by atoms with van der Waals surface area (Å²) in [6.07, 6.45) is 4.72. The van der Waals surface area contributed by atoms with Crippen molar-refractivity contribution in [2.45, 2.75) is 52.9 Å². The fourth-order valence-corrected chi connectivity index (χ4v) is 3.57. The van der Waals surface area contributed by atoms with Crippen molar-refractivity contribution in [2.75, 3.05) is 13.1 Å². The van der Waals surface area contributed by atoms with E-state index in [0.29, 0.717) is 19.0 Å². The van der Waals surface area contributed by atoms with E-state index in [1.807, 2.05) is 0 Å². The highest BCUT2D eigenvalue weighted by Gasteiger charge is 2.51. The van der Waals surface area contributed by atoms with E-state index in [1.54, 1.807) is 0 Å². The molecule has 1 saturated carbocycles. The predicted molar refractivity (Wildman–Crippen MR) is 78.8 cm³/mol. The molecule has 0 aromatic heterocycles. The smallest absolute Gasteiger partial charge is 0.233 e. The number of likely N-dealkylation sites (tertiary alicyclic amines) is 1. The number of nitrogens with two attached hydrogens (primary N) is 1. The first-order valence-electron chi connectivity index (χ1n) is 7.95. The second-order valence-corrected chi connectivity index (χ2v) is 7.26. The molecule has 1 saturated heterocycles. The summed E-state index contributed by atoms with van der Waals surface area (Å²) in [5.41, 5.74) is 5.81. The van der Waals surface area contributed by atoms with Crippen LogP contribution in [-0.4, -0.2) is 29.8 Å². The van der Waals surface area contributed by atoms with Gasteiger partial charge in [-0.2, -0.15) is 0 Å². The maximum absolute atomic E-state index is 12.4. The van der Waals surface area contributed by atoms with Crippen molar-refractivity contribution in [3.8, 4) is 0 Å². The molecular formula is C16H28N2O2. The van der Waals surface area contributed by atoms with E-state index >= 15 is 0 Å². The molecule has 2 rings (SSSR count). The van der Waals surface area contributed by atoms with Gasteiger partial charge in [-0.15, -0.1) is 0 Å². The fourth-order valence-electron chi connectivity index (χ4n) is 3.57. The van der Waals surface area contributed by atoms with Crippen molar-refractivity contribution >= 4 is 11.8 Å². The normalized spacial score (nSPS) is 30.2. The molecule has 2 fully saturated rings. The molecule has 4 nitrogen and oxygen atoms in total. The Balaban J connectivity index is 1.89. The number of rotatable bonds is 6. The summed E-state index contributed by atoms with van der Waals surface area (Å²) in [7, 11) is 0. The van der Waals surface area contributed by atoms with Crippen LogP contribution in [0.2, 0.25) is 0 Å². The van der Waals surface area contributed by atoms with E-state index in [1.165, 1.54) is 4.90 Å². The third-order valence-corrected chi connectivity index (χ3v) is 5.19. The topological polar surface area (TPSA) is 63.4 Å². The maximum Gasteiger partial charge on any atom is 0.233 e. The standard InChI is InChI=1S/C16H28N2O2/c1-4-11-8-12-13(9-11)15(20)18(14(12)19)7-5-6-16(2,3)10-17/h11-13H,4-10,17H2,1-3H3. The van der Waals surface area contributed by atoms with Crippen LogP contribution in [0.1, 0.15) is 52.9 Å². The van der Waals surface area contributed by atoms with Gasteiger partial charge in [-0.25, -0.2) is 0 Å². The number of carbonyl (C=O) groups is 2. The predicted octanol–water partition coefficient (Wildman–Crippen LogP) is 2.17. The third kappa shape index (κ3) is 2.90. The number of amides is 2. The van der Waals surface area contributed by atoms with E-state index < -0.39 is 0 Å². The highest BCUT2D eigenvalue weighted by Crippen LogP contribution is 2.44. The van der Waals surface area contributed by atoms with Gasteiger partial charge in [0.1, 0.15) is 0 Å². The molecule has 0 aromatic rings. The van der Waals surface area contributed by atoms with Gasteiger partial charge in [-0.1, -0.05) is 27.2 Å². The fraction of sp³-hybridized carbons (Fsp3) is 0.875. The molecule has 1 aliphatic heterocycles. The van der Waals surface area contributed by atoms with Crippen molar-refractivity contribution < 1.29 is 9.59 Å². The summed E-state index contributed by atoms with van der Waals surface area (Å²) in [5.74, 6) is 0.698. The molecule has 2 N–H and O–H groups in total. The highest BCUT2D eigenvalue weighted by molar-refractivity contribution is 6.05. The van der Waals surface area contributed by atoms with Crippen molar-refractivity contribution in [1.82, 2.24) is 4.90 Å². The second kappa shape index (κ2) is 5.84.